The van der Waals surface area contributed by atoms with Gasteiger partial charge in [-0.3, -0.25) is 14.4 Å². The molecule has 2 fully saturated rings. The van der Waals surface area contributed by atoms with Crippen molar-refractivity contribution in [3.63, 3.8) is 0 Å². The van der Waals surface area contributed by atoms with Crippen LogP contribution in [0.3, 0.4) is 0 Å². The molecule has 1 aliphatic heterocycles. The third-order valence-corrected chi connectivity index (χ3v) is 8.51. The van der Waals surface area contributed by atoms with Gasteiger partial charge in [0.15, 0.2) is 12.0 Å². The molecule has 2 aliphatic rings. The molecule has 0 bridgehead atoms. The molecular formula is C21H30N4O6S. The maximum atomic E-state index is 13.4. The van der Waals surface area contributed by atoms with Crippen molar-refractivity contribution in [1.82, 2.24) is 9.21 Å². The Bertz CT molecular complexity index is 1010. The van der Waals surface area contributed by atoms with Crippen LogP contribution < -0.4 is 10.5 Å². The molecule has 0 aromatic carbocycles. The van der Waals surface area contributed by atoms with Gasteiger partial charge in [0.2, 0.25) is 11.8 Å². The van der Waals surface area contributed by atoms with Gasteiger partial charge in [0.25, 0.3) is 0 Å². The van der Waals surface area contributed by atoms with Crippen LogP contribution in [0.4, 0.5) is 0 Å². The Labute approximate surface area is 188 Å². The summed E-state index contributed by atoms with van der Waals surface area (Å²) in [6.45, 7) is 3.12. The van der Waals surface area contributed by atoms with E-state index in [9.17, 15) is 28.0 Å². The van der Waals surface area contributed by atoms with Gasteiger partial charge in [-0.1, -0.05) is 12.8 Å². The minimum absolute atomic E-state index is 0.261. The number of ketones is 1. The Kier molecular flexibility index (Phi) is 6.89. The molecule has 2 heterocycles. The van der Waals surface area contributed by atoms with Gasteiger partial charge in [0, 0.05) is 23.7 Å². The summed E-state index contributed by atoms with van der Waals surface area (Å²) in [7, 11) is -4.24. The number of carbonyl (C=O) groups is 3. The molecule has 1 aliphatic carbocycles. The van der Waals surface area contributed by atoms with Gasteiger partial charge in [-0.25, -0.2) is 8.42 Å². The standard InChI is InChI=1S/C21H30N4O6S/c1-15-8-9-16(25(19(28)13-18(22)27)21(2)10-4-5-11-21)17(26)14-24(15)32(30,31)20-7-3-6-12-23(20)29/h3,6-7,12,15-16H,4-5,8-11,13-14H2,1-2H3,(H2,22,27)/t15-,16+/m1/s1. The predicted octanol–water partition coefficient (Wildman–Crippen LogP) is 0.467. The van der Waals surface area contributed by atoms with E-state index in [1.807, 2.05) is 6.92 Å². The van der Waals surface area contributed by atoms with Crippen LogP contribution >= 0.6 is 0 Å². The highest BCUT2D eigenvalue weighted by atomic mass is 32.2. The van der Waals surface area contributed by atoms with Crippen molar-refractivity contribution in [3.05, 3.63) is 29.6 Å². The van der Waals surface area contributed by atoms with Gasteiger partial charge in [-0.15, -0.1) is 0 Å². The maximum absolute atomic E-state index is 13.4. The molecule has 0 spiro atoms. The number of sulfonamides is 1. The summed E-state index contributed by atoms with van der Waals surface area (Å²) in [5.41, 5.74) is 4.66. The quantitative estimate of drug-likeness (QED) is 0.366. The minimum Gasteiger partial charge on any atom is -0.618 e. The van der Waals surface area contributed by atoms with Crippen LogP contribution in [0.25, 0.3) is 0 Å². The lowest BCUT2D eigenvalue weighted by atomic mass is 9.91. The Hall–Kier alpha value is -2.53. The molecule has 3 rings (SSSR count). The van der Waals surface area contributed by atoms with Crippen molar-refractivity contribution >= 4 is 27.6 Å². The molecule has 1 saturated heterocycles. The first-order valence-electron chi connectivity index (χ1n) is 10.8. The van der Waals surface area contributed by atoms with Gasteiger partial charge in [-0.2, -0.15) is 9.04 Å². The molecule has 11 heteroatoms. The zero-order valence-corrected chi connectivity index (χ0v) is 19.2. The SMILES string of the molecule is C[C@@H]1CC[C@H](N(C(=O)CC(N)=O)C2(C)CCCC2)C(=O)CN1S(=O)(=O)c1cccc[n+]1[O-]. The topological polar surface area (TPSA) is 145 Å². The Morgan fingerprint density at radius 3 is 2.53 bits per heavy atom. The van der Waals surface area contributed by atoms with Gasteiger partial charge in [-0.05, 0) is 45.6 Å². The van der Waals surface area contributed by atoms with Crippen LogP contribution in [0, 0.1) is 5.21 Å². The van der Waals surface area contributed by atoms with Gasteiger partial charge in [0.05, 0.1) is 12.6 Å². The van der Waals surface area contributed by atoms with Gasteiger partial charge in [0.1, 0.15) is 6.42 Å². The highest BCUT2D eigenvalue weighted by molar-refractivity contribution is 7.89. The number of aromatic nitrogens is 1. The van der Waals surface area contributed by atoms with E-state index in [0.717, 1.165) is 23.3 Å². The van der Waals surface area contributed by atoms with E-state index in [1.54, 1.807) is 6.92 Å². The highest BCUT2D eigenvalue weighted by Gasteiger charge is 2.47. The highest BCUT2D eigenvalue weighted by Crippen LogP contribution is 2.38. The first-order chi connectivity index (χ1) is 15.0. The minimum atomic E-state index is -4.24. The third-order valence-electron chi connectivity index (χ3n) is 6.56. The number of Topliss-reactive ketones (excluding diaryl/α,β-unsaturated/α-hetero) is 1. The fourth-order valence-corrected chi connectivity index (χ4v) is 6.56. The molecule has 1 saturated carbocycles. The van der Waals surface area contributed by atoms with Crippen LogP contribution in [0.1, 0.15) is 58.8 Å². The lowest BCUT2D eigenvalue weighted by Crippen LogP contribution is -2.57. The molecule has 176 valence electrons. The van der Waals surface area contributed by atoms with Crippen molar-refractivity contribution in [2.24, 2.45) is 5.73 Å². The number of primary amides is 1. The summed E-state index contributed by atoms with van der Waals surface area (Å²) in [6.07, 6.45) is 4.34. The van der Waals surface area contributed by atoms with E-state index in [4.69, 9.17) is 5.73 Å². The molecule has 32 heavy (non-hydrogen) atoms. The molecule has 2 atom stereocenters. The van der Waals surface area contributed by atoms with E-state index >= 15 is 0 Å². The van der Waals surface area contributed by atoms with Gasteiger partial charge < -0.3 is 15.8 Å². The molecule has 1 aromatic rings. The van der Waals surface area contributed by atoms with Gasteiger partial charge >= 0.3 is 15.0 Å². The van der Waals surface area contributed by atoms with Crippen LogP contribution in [0.15, 0.2) is 29.4 Å². The van der Waals surface area contributed by atoms with Crippen molar-refractivity contribution < 1.29 is 27.5 Å². The number of rotatable bonds is 6. The predicted molar refractivity (Wildman–Crippen MR) is 114 cm³/mol. The summed E-state index contributed by atoms with van der Waals surface area (Å²) >= 11 is 0. The normalized spacial score (nSPS) is 24.1. The molecule has 2 N–H and O–H groups in total. The number of pyridine rings is 1. The molecule has 2 amide bonds. The lowest BCUT2D eigenvalue weighted by Gasteiger charge is -2.43. The largest absolute Gasteiger partial charge is 0.618 e. The first-order valence-corrected chi connectivity index (χ1v) is 12.2. The number of carbonyl (C=O) groups excluding carboxylic acids is 3. The van der Waals surface area contributed by atoms with Crippen molar-refractivity contribution in [1.29, 1.82) is 0 Å². The average molecular weight is 467 g/mol. The fraction of sp³-hybridized carbons (Fsp3) is 0.619. The van der Waals surface area contributed by atoms with Crippen molar-refractivity contribution in [2.45, 2.75) is 81.4 Å². The number of nitrogens with two attached hydrogens (primary N) is 1. The maximum Gasteiger partial charge on any atom is 0.323 e. The smallest absolute Gasteiger partial charge is 0.323 e. The monoisotopic (exact) mass is 466 g/mol. The van der Waals surface area contributed by atoms with E-state index in [-0.39, 0.29) is 11.2 Å². The zero-order valence-electron chi connectivity index (χ0n) is 18.4. The average Bonchev–Trinajstić information content (AvgIpc) is 3.08. The van der Waals surface area contributed by atoms with E-state index < -0.39 is 63.2 Å². The van der Waals surface area contributed by atoms with Crippen LogP contribution in [0.2, 0.25) is 0 Å². The van der Waals surface area contributed by atoms with Crippen LogP contribution in [0.5, 0.6) is 0 Å². The van der Waals surface area contributed by atoms with Crippen molar-refractivity contribution in [2.75, 3.05) is 6.54 Å². The molecule has 0 radical (unpaired) electrons. The summed E-state index contributed by atoms with van der Waals surface area (Å²) < 4.78 is 27.7. The number of amides is 2. The number of hydrogen-bond donors (Lipinski definition) is 1. The summed E-state index contributed by atoms with van der Waals surface area (Å²) in [6, 6.07) is 2.65. The summed E-state index contributed by atoms with van der Waals surface area (Å²) in [4.78, 5) is 39.3. The first kappa shape index (κ1) is 24.1. The van der Waals surface area contributed by atoms with Crippen molar-refractivity contribution in [3.8, 4) is 0 Å². The second-order valence-corrected chi connectivity index (χ2v) is 10.8. The summed E-state index contributed by atoms with van der Waals surface area (Å²) in [5.74, 6) is -1.72. The zero-order chi connectivity index (χ0) is 23.7. The second-order valence-electron chi connectivity index (χ2n) is 8.93. The Morgan fingerprint density at radius 2 is 1.94 bits per heavy atom. The van der Waals surface area contributed by atoms with E-state index in [2.05, 4.69) is 0 Å². The lowest BCUT2D eigenvalue weighted by molar-refractivity contribution is -0.646. The third kappa shape index (κ3) is 4.63. The Morgan fingerprint density at radius 1 is 1.28 bits per heavy atom. The van der Waals surface area contributed by atoms with E-state index in [1.165, 1.54) is 23.1 Å². The molecule has 0 unspecified atom stereocenters. The second kappa shape index (κ2) is 9.14. The van der Waals surface area contributed by atoms with Crippen LogP contribution in [-0.2, 0) is 24.4 Å². The van der Waals surface area contributed by atoms with Crippen LogP contribution in [-0.4, -0.2) is 59.4 Å². The summed E-state index contributed by atoms with van der Waals surface area (Å²) in [5, 5.41) is 11.6. The van der Waals surface area contributed by atoms with E-state index in [0.29, 0.717) is 19.3 Å². The fourth-order valence-electron chi connectivity index (χ4n) is 4.91. The number of nitrogens with zero attached hydrogens (tertiary/aromatic N) is 3. The number of hydrogen-bond acceptors (Lipinski definition) is 6. The molecule has 1 aromatic heterocycles. The molecular weight excluding hydrogens is 436 g/mol. The Balaban J connectivity index is 1.95. The molecule has 10 nitrogen and oxygen atoms in total.